The Hall–Kier alpha value is 0.270. The first-order valence-corrected chi connectivity index (χ1v) is 6.97. The molecule has 1 aliphatic heterocycles. The van der Waals surface area contributed by atoms with Gasteiger partial charge >= 0.3 is 0 Å². The number of rotatable bonds is 2. The Kier molecular flexibility index (Phi) is 3.34. The van der Waals surface area contributed by atoms with Crippen molar-refractivity contribution in [2.24, 2.45) is 11.1 Å². The molecule has 1 saturated carbocycles. The Morgan fingerprint density at radius 2 is 2.00 bits per heavy atom. The summed E-state index contributed by atoms with van der Waals surface area (Å²) in [5.41, 5.74) is 6.65. The summed E-state index contributed by atoms with van der Waals surface area (Å²) < 4.78 is 5.60. The van der Waals surface area contributed by atoms with Gasteiger partial charge in [-0.1, -0.05) is 13.8 Å². The van der Waals surface area contributed by atoms with Crippen LogP contribution in [0.1, 0.15) is 40.0 Å². The minimum atomic E-state index is 0.334. The van der Waals surface area contributed by atoms with Crippen molar-refractivity contribution in [1.29, 1.82) is 0 Å². The van der Waals surface area contributed by atoms with Crippen molar-refractivity contribution < 1.29 is 4.74 Å². The van der Waals surface area contributed by atoms with E-state index in [0.29, 0.717) is 28.1 Å². The monoisotopic (exact) mass is 229 g/mol. The molecule has 0 aromatic rings. The van der Waals surface area contributed by atoms with Gasteiger partial charge in [0.25, 0.3) is 0 Å². The summed E-state index contributed by atoms with van der Waals surface area (Å²) >= 11 is 2.08. The van der Waals surface area contributed by atoms with Crippen LogP contribution in [0.5, 0.6) is 0 Å². The van der Waals surface area contributed by atoms with Crippen LogP contribution in [0.2, 0.25) is 0 Å². The van der Waals surface area contributed by atoms with Crippen LogP contribution < -0.4 is 5.73 Å². The van der Waals surface area contributed by atoms with Crippen LogP contribution in [-0.4, -0.2) is 29.3 Å². The molecule has 15 heavy (non-hydrogen) atoms. The Morgan fingerprint density at radius 3 is 2.47 bits per heavy atom. The summed E-state index contributed by atoms with van der Waals surface area (Å²) in [7, 11) is 0. The fourth-order valence-electron chi connectivity index (χ4n) is 2.63. The zero-order chi connectivity index (χ0) is 11.1. The second kappa shape index (κ2) is 4.27. The van der Waals surface area contributed by atoms with Crippen molar-refractivity contribution >= 4 is 11.8 Å². The minimum Gasteiger partial charge on any atom is -0.377 e. The normalized spacial score (nSPS) is 44.8. The predicted molar refractivity (Wildman–Crippen MR) is 66.2 cm³/mol. The molecular formula is C12H23NOS. The summed E-state index contributed by atoms with van der Waals surface area (Å²) in [5.74, 6) is 0. The van der Waals surface area contributed by atoms with Gasteiger partial charge in [0.1, 0.15) is 0 Å². The van der Waals surface area contributed by atoms with Gasteiger partial charge < -0.3 is 10.5 Å². The van der Waals surface area contributed by atoms with E-state index in [9.17, 15) is 0 Å². The lowest BCUT2D eigenvalue weighted by atomic mass is 9.88. The van der Waals surface area contributed by atoms with Gasteiger partial charge in [0.05, 0.1) is 6.10 Å². The first kappa shape index (κ1) is 11.7. The maximum Gasteiger partial charge on any atom is 0.0666 e. The SMILES string of the molecule is CC1OCCC1SC1CCC(C)(C)C1N. The van der Waals surface area contributed by atoms with E-state index >= 15 is 0 Å². The molecule has 88 valence electrons. The molecule has 4 atom stereocenters. The van der Waals surface area contributed by atoms with E-state index in [-0.39, 0.29) is 0 Å². The molecule has 2 N–H and O–H groups in total. The van der Waals surface area contributed by atoms with Crippen molar-refractivity contribution in [2.75, 3.05) is 6.61 Å². The Bertz CT molecular complexity index is 232. The Balaban J connectivity index is 1.90. The highest BCUT2D eigenvalue weighted by Crippen LogP contribution is 2.44. The van der Waals surface area contributed by atoms with Crippen LogP contribution in [-0.2, 0) is 4.74 Å². The van der Waals surface area contributed by atoms with E-state index in [4.69, 9.17) is 10.5 Å². The van der Waals surface area contributed by atoms with E-state index in [0.717, 1.165) is 6.61 Å². The van der Waals surface area contributed by atoms with E-state index in [2.05, 4.69) is 32.5 Å². The molecule has 3 heteroatoms. The molecule has 1 aliphatic carbocycles. The highest BCUT2D eigenvalue weighted by molar-refractivity contribution is 8.00. The first-order valence-electron chi connectivity index (χ1n) is 6.03. The molecule has 0 aromatic carbocycles. The smallest absolute Gasteiger partial charge is 0.0666 e. The molecule has 4 unspecified atom stereocenters. The maximum absolute atomic E-state index is 6.32. The van der Waals surface area contributed by atoms with Crippen molar-refractivity contribution in [2.45, 2.75) is 62.7 Å². The van der Waals surface area contributed by atoms with Gasteiger partial charge in [0.15, 0.2) is 0 Å². The van der Waals surface area contributed by atoms with Gasteiger partial charge in [-0.3, -0.25) is 0 Å². The van der Waals surface area contributed by atoms with Crippen LogP contribution in [0.25, 0.3) is 0 Å². The molecule has 2 nitrogen and oxygen atoms in total. The molecule has 1 saturated heterocycles. The minimum absolute atomic E-state index is 0.334. The molecule has 1 heterocycles. The standard InChI is InChI=1S/C12H23NOS/c1-8-9(5-7-14-8)15-10-4-6-12(2,3)11(10)13/h8-11H,4-7,13H2,1-3H3. The fraction of sp³-hybridized carbons (Fsp3) is 1.00. The van der Waals surface area contributed by atoms with E-state index in [1.54, 1.807) is 0 Å². The van der Waals surface area contributed by atoms with Gasteiger partial charge in [-0.05, 0) is 31.6 Å². The lowest BCUT2D eigenvalue weighted by Crippen LogP contribution is -2.39. The topological polar surface area (TPSA) is 35.2 Å². The molecule has 2 aliphatic rings. The number of hydrogen-bond acceptors (Lipinski definition) is 3. The Morgan fingerprint density at radius 1 is 1.27 bits per heavy atom. The van der Waals surface area contributed by atoms with Crippen molar-refractivity contribution in [3.63, 3.8) is 0 Å². The average molecular weight is 229 g/mol. The van der Waals surface area contributed by atoms with Crippen molar-refractivity contribution in [1.82, 2.24) is 0 Å². The van der Waals surface area contributed by atoms with E-state index in [1.165, 1.54) is 19.3 Å². The van der Waals surface area contributed by atoms with Crippen LogP contribution in [0, 0.1) is 5.41 Å². The van der Waals surface area contributed by atoms with Crippen molar-refractivity contribution in [3.05, 3.63) is 0 Å². The molecule has 2 fully saturated rings. The van der Waals surface area contributed by atoms with E-state index in [1.807, 2.05) is 0 Å². The molecule has 0 amide bonds. The quantitative estimate of drug-likeness (QED) is 0.790. The molecule has 0 aromatic heterocycles. The zero-order valence-corrected chi connectivity index (χ0v) is 10.8. The predicted octanol–water partition coefficient (Wildman–Crippen LogP) is 2.41. The molecule has 2 rings (SSSR count). The largest absolute Gasteiger partial charge is 0.377 e. The first-order chi connectivity index (χ1) is 7.00. The van der Waals surface area contributed by atoms with E-state index < -0.39 is 0 Å². The number of nitrogens with two attached hydrogens (primary N) is 1. The third-order valence-electron chi connectivity index (χ3n) is 4.03. The summed E-state index contributed by atoms with van der Waals surface area (Å²) in [4.78, 5) is 0. The van der Waals surface area contributed by atoms with Gasteiger partial charge in [-0.15, -0.1) is 0 Å². The number of ether oxygens (including phenoxy) is 1. The third kappa shape index (κ3) is 2.34. The molecule has 0 bridgehead atoms. The lowest BCUT2D eigenvalue weighted by molar-refractivity contribution is 0.127. The molecule has 0 radical (unpaired) electrons. The lowest BCUT2D eigenvalue weighted by Gasteiger charge is -2.28. The summed E-state index contributed by atoms with van der Waals surface area (Å²) in [5, 5.41) is 1.32. The summed E-state index contributed by atoms with van der Waals surface area (Å²) in [6, 6.07) is 0.357. The Labute approximate surface area is 97.3 Å². The maximum atomic E-state index is 6.32. The van der Waals surface area contributed by atoms with Gasteiger partial charge in [0, 0.05) is 23.1 Å². The van der Waals surface area contributed by atoms with Gasteiger partial charge in [-0.25, -0.2) is 0 Å². The molecular weight excluding hydrogens is 206 g/mol. The second-order valence-electron chi connectivity index (χ2n) is 5.63. The van der Waals surface area contributed by atoms with Crippen LogP contribution in [0.4, 0.5) is 0 Å². The highest BCUT2D eigenvalue weighted by Gasteiger charge is 2.41. The fourth-order valence-corrected chi connectivity index (χ4v) is 4.40. The average Bonchev–Trinajstić information content (AvgIpc) is 2.66. The van der Waals surface area contributed by atoms with Crippen LogP contribution >= 0.6 is 11.8 Å². The van der Waals surface area contributed by atoms with Crippen molar-refractivity contribution in [3.8, 4) is 0 Å². The van der Waals surface area contributed by atoms with Gasteiger partial charge in [0.2, 0.25) is 0 Å². The highest BCUT2D eigenvalue weighted by atomic mass is 32.2. The number of thioether (sulfide) groups is 1. The zero-order valence-electron chi connectivity index (χ0n) is 10.0. The van der Waals surface area contributed by atoms with Gasteiger partial charge in [-0.2, -0.15) is 11.8 Å². The summed E-state index contributed by atoms with van der Waals surface area (Å²) in [6.45, 7) is 7.72. The second-order valence-corrected chi connectivity index (χ2v) is 7.11. The van der Waals surface area contributed by atoms with Crippen LogP contribution in [0.15, 0.2) is 0 Å². The number of hydrogen-bond donors (Lipinski definition) is 1. The van der Waals surface area contributed by atoms with Crippen LogP contribution in [0.3, 0.4) is 0 Å². The third-order valence-corrected chi connectivity index (χ3v) is 5.88. The molecule has 0 spiro atoms. The summed E-state index contributed by atoms with van der Waals surface area (Å²) in [6.07, 6.45) is 4.18.